The van der Waals surface area contributed by atoms with Crippen LogP contribution in [0.2, 0.25) is 0 Å². The van der Waals surface area contributed by atoms with Gasteiger partial charge >= 0.3 is 0 Å². The zero-order chi connectivity index (χ0) is 17.0. The van der Waals surface area contributed by atoms with Crippen LogP contribution in [-0.4, -0.2) is 19.7 Å². The summed E-state index contributed by atoms with van der Waals surface area (Å²) >= 11 is 5.67. The minimum atomic E-state index is -3.68. The van der Waals surface area contributed by atoms with Gasteiger partial charge in [0.15, 0.2) is 0 Å². The predicted molar refractivity (Wildman–Crippen MR) is 92.4 cm³/mol. The summed E-state index contributed by atoms with van der Waals surface area (Å²) in [5, 5.41) is 1.93. The highest BCUT2D eigenvalue weighted by atomic mass is 35.5. The molecule has 0 unspecified atom stereocenters. The van der Waals surface area contributed by atoms with Crippen LogP contribution < -0.4 is 10.0 Å². The molecule has 23 heavy (non-hydrogen) atoms. The molecule has 2 rings (SSSR count). The van der Waals surface area contributed by atoms with Gasteiger partial charge in [-0.25, -0.2) is 8.42 Å². The normalized spacial score (nSPS) is 12.5. The van der Waals surface area contributed by atoms with Crippen LogP contribution in [0.4, 0.5) is 11.4 Å². The Morgan fingerprint density at radius 3 is 2.30 bits per heavy atom. The van der Waals surface area contributed by atoms with Gasteiger partial charge in [-0.2, -0.15) is 0 Å². The summed E-state index contributed by atoms with van der Waals surface area (Å²) in [4.78, 5) is 11.6. The molecule has 0 fully saturated rings. The lowest BCUT2D eigenvalue weighted by atomic mass is 10.2. The summed E-state index contributed by atoms with van der Waals surface area (Å²) in [6.45, 7) is 3.44. The molecule has 0 aliphatic carbocycles. The van der Waals surface area contributed by atoms with E-state index in [2.05, 4.69) is 10.0 Å². The van der Waals surface area contributed by atoms with Crippen LogP contribution in [0.15, 0.2) is 53.4 Å². The maximum atomic E-state index is 12.3. The van der Waals surface area contributed by atoms with Crippen LogP contribution in [0.25, 0.3) is 0 Å². The number of carbonyl (C=O) groups is 1. The van der Waals surface area contributed by atoms with Gasteiger partial charge in [0.1, 0.15) is 5.38 Å². The fourth-order valence-electron chi connectivity index (χ4n) is 1.88. The van der Waals surface area contributed by atoms with Crippen molar-refractivity contribution >= 4 is 38.9 Å². The van der Waals surface area contributed by atoms with Gasteiger partial charge in [0.05, 0.1) is 4.90 Å². The third-order valence-corrected chi connectivity index (χ3v) is 4.66. The van der Waals surface area contributed by atoms with Crippen molar-refractivity contribution in [1.82, 2.24) is 0 Å². The molecule has 1 atom stereocenters. The second-order valence-corrected chi connectivity index (χ2v) is 7.44. The number of hydrogen-bond donors (Lipinski definition) is 2. The SMILES string of the molecule is Cc1cccc(NS(=O)(=O)c2ccc(NC(=O)[C@@H](C)Cl)cc2)c1. The van der Waals surface area contributed by atoms with Crippen molar-refractivity contribution < 1.29 is 13.2 Å². The van der Waals surface area contributed by atoms with Gasteiger partial charge < -0.3 is 5.32 Å². The van der Waals surface area contributed by atoms with Crippen molar-refractivity contribution in [1.29, 1.82) is 0 Å². The summed E-state index contributed by atoms with van der Waals surface area (Å²) in [5.74, 6) is -0.347. The van der Waals surface area contributed by atoms with Gasteiger partial charge in [-0.05, 0) is 55.8 Å². The Morgan fingerprint density at radius 2 is 1.74 bits per heavy atom. The molecular formula is C16H17ClN2O3S. The molecule has 2 N–H and O–H groups in total. The average molecular weight is 353 g/mol. The molecule has 0 aliphatic rings. The predicted octanol–water partition coefficient (Wildman–Crippen LogP) is 3.36. The molecule has 0 saturated heterocycles. The zero-order valence-corrected chi connectivity index (χ0v) is 14.3. The lowest BCUT2D eigenvalue weighted by molar-refractivity contribution is -0.115. The molecule has 0 spiro atoms. The molecule has 2 aromatic carbocycles. The van der Waals surface area contributed by atoms with Gasteiger partial charge in [-0.15, -0.1) is 11.6 Å². The second kappa shape index (κ2) is 7.02. The summed E-state index contributed by atoms with van der Waals surface area (Å²) in [5.41, 5.74) is 1.94. The molecule has 0 radical (unpaired) electrons. The Hall–Kier alpha value is -2.05. The molecule has 2 aromatic rings. The molecule has 5 nitrogen and oxygen atoms in total. The lowest BCUT2D eigenvalue weighted by Crippen LogP contribution is -2.20. The van der Waals surface area contributed by atoms with Gasteiger partial charge in [-0.3, -0.25) is 9.52 Å². The highest BCUT2D eigenvalue weighted by Crippen LogP contribution is 2.19. The number of carbonyl (C=O) groups excluding carboxylic acids is 1. The molecule has 0 heterocycles. The number of alkyl halides is 1. The maximum Gasteiger partial charge on any atom is 0.261 e. The second-order valence-electron chi connectivity index (χ2n) is 5.10. The average Bonchev–Trinajstić information content (AvgIpc) is 2.47. The van der Waals surface area contributed by atoms with Crippen molar-refractivity contribution in [2.24, 2.45) is 0 Å². The summed E-state index contributed by atoms with van der Waals surface area (Å²) in [7, 11) is -3.68. The largest absolute Gasteiger partial charge is 0.325 e. The van der Waals surface area contributed by atoms with Crippen LogP contribution >= 0.6 is 11.6 Å². The monoisotopic (exact) mass is 352 g/mol. The first-order valence-corrected chi connectivity index (χ1v) is 8.84. The van der Waals surface area contributed by atoms with Crippen molar-refractivity contribution in [3.63, 3.8) is 0 Å². The van der Waals surface area contributed by atoms with E-state index in [1.807, 2.05) is 13.0 Å². The highest BCUT2D eigenvalue weighted by Gasteiger charge is 2.15. The van der Waals surface area contributed by atoms with Crippen molar-refractivity contribution in [2.75, 3.05) is 10.0 Å². The van der Waals surface area contributed by atoms with Crippen LogP contribution in [0.3, 0.4) is 0 Å². The van der Waals surface area contributed by atoms with Crippen molar-refractivity contribution in [2.45, 2.75) is 24.1 Å². The van der Waals surface area contributed by atoms with Crippen LogP contribution in [0.1, 0.15) is 12.5 Å². The number of hydrogen-bond acceptors (Lipinski definition) is 3. The number of rotatable bonds is 5. The molecule has 0 saturated carbocycles. The zero-order valence-electron chi connectivity index (χ0n) is 12.7. The third-order valence-electron chi connectivity index (χ3n) is 3.06. The lowest BCUT2D eigenvalue weighted by Gasteiger charge is -2.10. The number of benzene rings is 2. The standard InChI is InChI=1S/C16H17ClN2O3S/c1-11-4-3-5-14(10-11)19-23(21,22)15-8-6-13(7-9-15)18-16(20)12(2)17/h3-10,12,19H,1-2H3,(H,18,20)/t12-/m1/s1. The number of aryl methyl sites for hydroxylation is 1. The van der Waals surface area contributed by atoms with Crippen molar-refractivity contribution in [3.8, 4) is 0 Å². The van der Waals surface area contributed by atoms with E-state index in [9.17, 15) is 13.2 Å². The topological polar surface area (TPSA) is 75.3 Å². The smallest absolute Gasteiger partial charge is 0.261 e. The van der Waals surface area contributed by atoms with Gasteiger partial charge in [-0.1, -0.05) is 12.1 Å². The Bertz CT molecular complexity index is 802. The van der Waals surface area contributed by atoms with E-state index in [-0.39, 0.29) is 10.8 Å². The van der Waals surface area contributed by atoms with E-state index in [1.54, 1.807) is 25.1 Å². The third kappa shape index (κ3) is 4.71. The fraction of sp³-hybridized carbons (Fsp3) is 0.188. The number of sulfonamides is 1. The van der Waals surface area contributed by atoms with Gasteiger partial charge in [0.25, 0.3) is 10.0 Å². The molecule has 7 heteroatoms. The summed E-state index contributed by atoms with van der Waals surface area (Å²) in [6.07, 6.45) is 0. The minimum absolute atomic E-state index is 0.107. The highest BCUT2D eigenvalue weighted by molar-refractivity contribution is 7.92. The van der Waals surface area contributed by atoms with Crippen LogP contribution in [0, 0.1) is 6.92 Å². The first-order chi connectivity index (χ1) is 10.8. The van der Waals surface area contributed by atoms with E-state index >= 15 is 0 Å². The Morgan fingerprint density at radius 1 is 1.09 bits per heavy atom. The van der Waals surface area contributed by atoms with Crippen LogP contribution in [-0.2, 0) is 14.8 Å². The minimum Gasteiger partial charge on any atom is -0.325 e. The number of amides is 1. The Labute approximate surface area is 140 Å². The molecule has 0 bridgehead atoms. The summed E-state index contributed by atoms with van der Waals surface area (Å²) < 4.78 is 27.2. The molecular weight excluding hydrogens is 336 g/mol. The molecule has 1 amide bonds. The number of nitrogens with one attached hydrogen (secondary N) is 2. The van der Waals surface area contributed by atoms with E-state index in [0.717, 1.165) is 5.56 Å². The fourth-order valence-corrected chi connectivity index (χ4v) is 2.99. The van der Waals surface area contributed by atoms with Gasteiger partial charge in [0.2, 0.25) is 5.91 Å². The molecule has 122 valence electrons. The first-order valence-electron chi connectivity index (χ1n) is 6.92. The van der Waals surface area contributed by atoms with Crippen LogP contribution in [0.5, 0.6) is 0 Å². The first kappa shape index (κ1) is 17.3. The number of anilines is 2. The number of halogens is 1. The Balaban J connectivity index is 2.16. The van der Waals surface area contributed by atoms with E-state index < -0.39 is 15.4 Å². The van der Waals surface area contributed by atoms with E-state index in [0.29, 0.717) is 11.4 Å². The maximum absolute atomic E-state index is 12.3. The van der Waals surface area contributed by atoms with E-state index in [4.69, 9.17) is 11.6 Å². The van der Waals surface area contributed by atoms with Gasteiger partial charge in [0, 0.05) is 11.4 Å². The molecule has 0 aliphatic heterocycles. The Kier molecular flexibility index (Phi) is 5.28. The quantitative estimate of drug-likeness (QED) is 0.810. The van der Waals surface area contributed by atoms with E-state index in [1.165, 1.54) is 24.3 Å². The van der Waals surface area contributed by atoms with Crippen molar-refractivity contribution in [3.05, 3.63) is 54.1 Å². The molecule has 0 aromatic heterocycles. The summed E-state index contributed by atoms with van der Waals surface area (Å²) in [6, 6.07) is 13.0.